The van der Waals surface area contributed by atoms with Crippen molar-refractivity contribution < 1.29 is 4.74 Å². The number of aromatic nitrogens is 2. The van der Waals surface area contributed by atoms with Crippen molar-refractivity contribution in [3.8, 4) is 0 Å². The van der Waals surface area contributed by atoms with Crippen LogP contribution in [0.1, 0.15) is 39.4 Å². The van der Waals surface area contributed by atoms with Crippen LogP contribution in [0.4, 0.5) is 11.6 Å². The molecule has 108 valence electrons. The van der Waals surface area contributed by atoms with E-state index in [0.717, 1.165) is 49.9 Å². The lowest BCUT2D eigenvalue weighted by Gasteiger charge is -2.22. The van der Waals surface area contributed by atoms with Crippen molar-refractivity contribution in [1.82, 2.24) is 9.97 Å². The number of hydrogen-bond acceptors (Lipinski definition) is 5. The molecule has 1 N–H and O–H groups in total. The Morgan fingerprint density at radius 2 is 2.00 bits per heavy atom. The van der Waals surface area contributed by atoms with Gasteiger partial charge in [0.05, 0.1) is 0 Å². The van der Waals surface area contributed by atoms with E-state index in [0.29, 0.717) is 6.61 Å². The fourth-order valence-corrected chi connectivity index (χ4v) is 1.89. The summed E-state index contributed by atoms with van der Waals surface area (Å²) in [6.07, 6.45) is 2.18. The van der Waals surface area contributed by atoms with Gasteiger partial charge in [0.2, 0.25) is 0 Å². The van der Waals surface area contributed by atoms with E-state index in [1.807, 2.05) is 6.07 Å². The molecule has 19 heavy (non-hydrogen) atoms. The normalized spacial score (nSPS) is 10.5. The highest BCUT2D eigenvalue weighted by Crippen LogP contribution is 2.16. The molecule has 0 bridgehead atoms. The molecule has 1 aromatic rings. The largest absolute Gasteiger partial charge is 0.377 e. The second-order valence-electron chi connectivity index (χ2n) is 4.47. The van der Waals surface area contributed by atoms with Crippen LogP contribution in [-0.4, -0.2) is 36.7 Å². The number of methoxy groups -OCH3 is 1. The fourth-order valence-electron chi connectivity index (χ4n) is 1.89. The van der Waals surface area contributed by atoms with Gasteiger partial charge in [-0.3, -0.25) is 0 Å². The van der Waals surface area contributed by atoms with E-state index in [4.69, 9.17) is 4.74 Å². The lowest BCUT2D eigenvalue weighted by molar-refractivity contribution is 0.178. The Balaban J connectivity index is 2.96. The first-order valence-electron chi connectivity index (χ1n) is 7.10. The van der Waals surface area contributed by atoms with Crippen molar-refractivity contribution in [2.45, 2.75) is 40.2 Å². The van der Waals surface area contributed by atoms with Crippen LogP contribution in [0.2, 0.25) is 0 Å². The molecule has 1 aromatic heterocycles. The molecule has 1 heterocycles. The number of nitrogens with one attached hydrogen (secondary N) is 1. The Hall–Kier alpha value is -1.36. The van der Waals surface area contributed by atoms with Gasteiger partial charge in [0.15, 0.2) is 5.82 Å². The van der Waals surface area contributed by atoms with Gasteiger partial charge in [0.25, 0.3) is 0 Å². The van der Waals surface area contributed by atoms with E-state index < -0.39 is 0 Å². The molecule has 0 saturated heterocycles. The molecule has 1 rings (SSSR count). The third-order valence-corrected chi connectivity index (χ3v) is 2.79. The first kappa shape index (κ1) is 15.7. The average Bonchev–Trinajstić information content (AvgIpc) is 2.42. The topological polar surface area (TPSA) is 50.3 Å². The summed E-state index contributed by atoms with van der Waals surface area (Å²) in [7, 11) is 1.67. The maximum atomic E-state index is 5.14. The van der Waals surface area contributed by atoms with Gasteiger partial charge in [-0.15, -0.1) is 0 Å². The zero-order valence-electron chi connectivity index (χ0n) is 12.6. The maximum absolute atomic E-state index is 5.14. The zero-order valence-corrected chi connectivity index (χ0v) is 12.6. The van der Waals surface area contributed by atoms with Crippen molar-refractivity contribution in [3.05, 3.63) is 11.9 Å². The Morgan fingerprint density at radius 3 is 2.58 bits per heavy atom. The zero-order chi connectivity index (χ0) is 14.1. The van der Waals surface area contributed by atoms with E-state index >= 15 is 0 Å². The highest BCUT2D eigenvalue weighted by atomic mass is 16.5. The third kappa shape index (κ3) is 5.03. The van der Waals surface area contributed by atoms with Gasteiger partial charge in [-0.25, -0.2) is 9.97 Å². The van der Waals surface area contributed by atoms with Gasteiger partial charge >= 0.3 is 0 Å². The van der Waals surface area contributed by atoms with Crippen molar-refractivity contribution in [3.63, 3.8) is 0 Å². The Bertz CT molecular complexity index is 370. The van der Waals surface area contributed by atoms with Crippen LogP contribution in [0.15, 0.2) is 6.07 Å². The molecule has 0 spiro atoms. The average molecular weight is 266 g/mol. The SMILES string of the molecule is CCCNc1cc(N(CC)CCC)nc(COC)n1. The molecule has 0 fully saturated rings. The smallest absolute Gasteiger partial charge is 0.158 e. The molecule has 0 saturated carbocycles. The van der Waals surface area contributed by atoms with Crippen LogP contribution < -0.4 is 10.2 Å². The van der Waals surface area contributed by atoms with Crippen molar-refractivity contribution in [2.24, 2.45) is 0 Å². The number of anilines is 2. The minimum absolute atomic E-state index is 0.443. The van der Waals surface area contributed by atoms with Crippen molar-refractivity contribution >= 4 is 11.6 Å². The standard InChI is InChI=1S/C14H26N4O/c1-5-8-15-12-10-14(18(7-3)9-6-2)17-13(16-12)11-19-4/h10H,5-9,11H2,1-4H3,(H,15,16,17). The first-order valence-corrected chi connectivity index (χ1v) is 7.10. The molecule has 5 nitrogen and oxygen atoms in total. The van der Waals surface area contributed by atoms with E-state index in [2.05, 4.69) is 41.0 Å². The Morgan fingerprint density at radius 1 is 1.21 bits per heavy atom. The molecule has 0 aliphatic rings. The second kappa shape index (κ2) is 8.69. The Kier molecular flexibility index (Phi) is 7.18. The van der Waals surface area contributed by atoms with Gasteiger partial charge in [-0.05, 0) is 19.8 Å². The molecule has 0 aromatic carbocycles. The highest BCUT2D eigenvalue weighted by Gasteiger charge is 2.09. The number of nitrogens with zero attached hydrogens (tertiary/aromatic N) is 3. The van der Waals surface area contributed by atoms with Crippen LogP contribution in [0.5, 0.6) is 0 Å². The summed E-state index contributed by atoms with van der Waals surface area (Å²) < 4.78 is 5.14. The predicted molar refractivity (Wildman–Crippen MR) is 79.7 cm³/mol. The highest BCUT2D eigenvalue weighted by molar-refractivity contribution is 5.49. The molecule has 0 radical (unpaired) electrons. The molecule has 0 atom stereocenters. The van der Waals surface area contributed by atoms with E-state index in [1.54, 1.807) is 7.11 Å². The predicted octanol–water partition coefficient (Wildman–Crippen LogP) is 2.68. The molecular weight excluding hydrogens is 240 g/mol. The minimum atomic E-state index is 0.443. The summed E-state index contributed by atoms with van der Waals surface area (Å²) in [6, 6.07) is 2.02. The number of hydrogen-bond donors (Lipinski definition) is 1. The molecule has 5 heteroatoms. The molecule has 0 unspecified atom stereocenters. The van der Waals surface area contributed by atoms with Crippen molar-refractivity contribution in [2.75, 3.05) is 37.0 Å². The first-order chi connectivity index (χ1) is 9.24. The quantitative estimate of drug-likeness (QED) is 0.744. The summed E-state index contributed by atoms with van der Waals surface area (Å²) in [6.45, 7) is 9.78. The van der Waals surface area contributed by atoms with Gasteiger partial charge in [-0.2, -0.15) is 0 Å². The van der Waals surface area contributed by atoms with Gasteiger partial charge in [0.1, 0.15) is 18.2 Å². The Labute approximate surface area is 116 Å². The van der Waals surface area contributed by atoms with Crippen LogP contribution >= 0.6 is 0 Å². The van der Waals surface area contributed by atoms with Gasteiger partial charge in [0, 0.05) is 32.8 Å². The van der Waals surface area contributed by atoms with E-state index in [9.17, 15) is 0 Å². The lowest BCUT2D eigenvalue weighted by atomic mass is 10.3. The van der Waals surface area contributed by atoms with Crippen LogP contribution in [0.25, 0.3) is 0 Å². The molecule has 0 aliphatic carbocycles. The summed E-state index contributed by atoms with van der Waals surface area (Å²) in [5, 5.41) is 3.32. The maximum Gasteiger partial charge on any atom is 0.158 e. The second-order valence-corrected chi connectivity index (χ2v) is 4.47. The monoisotopic (exact) mass is 266 g/mol. The summed E-state index contributed by atoms with van der Waals surface area (Å²) >= 11 is 0. The van der Waals surface area contributed by atoms with Crippen LogP contribution in [0, 0.1) is 0 Å². The van der Waals surface area contributed by atoms with Crippen molar-refractivity contribution in [1.29, 1.82) is 0 Å². The fraction of sp³-hybridized carbons (Fsp3) is 0.714. The van der Waals surface area contributed by atoms with E-state index in [-0.39, 0.29) is 0 Å². The van der Waals surface area contributed by atoms with Crippen LogP contribution in [0.3, 0.4) is 0 Å². The summed E-state index contributed by atoms with van der Waals surface area (Å²) in [5.74, 6) is 2.59. The lowest BCUT2D eigenvalue weighted by Crippen LogP contribution is -2.25. The molecular formula is C14H26N4O. The van der Waals surface area contributed by atoms with Gasteiger partial charge < -0.3 is 15.0 Å². The number of rotatable bonds is 9. The summed E-state index contributed by atoms with van der Waals surface area (Å²) in [5.41, 5.74) is 0. The molecule has 0 aliphatic heterocycles. The third-order valence-electron chi connectivity index (χ3n) is 2.79. The van der Waals surface area contributed by atoms with Gasteiger partial charge in [-0.1, -0.05) is 13.8 Å². The van der Waals surface area contributed by atoms with Crippen LogP contribution in [-0.2, 0) is 11.3 Å². The van der Waals surface area contributed by atoms with E-state index in [1.165, 1.54) is 0 Å². The summed E-state index contributed by atoms with van der Waals surface area (Å²) in [4.78, 5) is 11.3. The molecule has 0 amide bonds. The number of ether oxygens (including phenoxy) is 1. The minimum Gasteiger partial charge on any atom is -0.377 e.